The lowest BCUT2D eigenvalue weighted by Gasteiger charge is -2.30. The van der Waals surface area contributed by atoms with Gasteiger partial charge in [-0.3, -0.25) is 9.59 Å². The largest absolute Gasteiger partial charge is 0.466 e. The fourth-order valence-electron chi connectivity index (χ4n) is 2.34. The second-order valence-corrected chi connectivity index (χ2v) is 6.83. The summed E-state index contributed by atoms with van der Waals surface area (Å²) in [5, 5.41) is 0. The van der Waals surface area contributed by atoms with Crippen LogP contribution in [0.25, 0.3) is 0 Å². The van der Waals surface area contributed by atoms with E-state index in [1.807, 2.05) is 27.7 Å². The van der Waals surface area contributed by atoms with E-state index in [9.17, 15) is 14.4 Å². The van der Waals surface area contributed by atoms with Crippen LogP contribution in [0, 0.1) is 0 Å². The number of unbranched alkanes of at least 4 members (excludes halogenated alkanes) is 3. The van der Waals surface area contributed by atoms with Crippen LogP contribution in [0.2, 0.25) is 0 Å². The molecule has 0 aromatic heterocycles. The number of ether oxygens (including phenoxy) is 4. The van der Waals surface area contributed by atoms with E-state index in [0.717, 1.165) is 32.1 Å². The van der Waals surface area contributed by atoms with Gasteiger partial charge in [0.25, 0.3) is 0 Å². The van der Waals surface area contributed by atoms with Crippen molar-refractivity contribution in [3.05, 3.63) is 0 Å². The molecule has 0 spiro atoms. The molecule has 0 aliphatic heterocycles. The smallest absolute Gasteiger partial charge is 0.339 e. The lowest BCUT2D eigenvalue weighted by atomic mass is 9.95. The first-order valence-corrected chi connectivity index (χ1v) is 10.6. The topological polar surface area (TPSA) is 88.1 Å². The van der Waals surface area contributed by atoms with Gasteiger partial charge in [0.1, 0.15) is 0 Å². The van der Waals surface area contributed by atoms with Crippen LogP contribution in [0.5, 0.6) is 0 Å². The molecule has 28 heavy (non-hydrogen) atoms. The van der Waals surface area contributed by atoms with Gasteiger partial charge in [0.15, 0.2) is 5.60 Å². The first-order valence-electron chi connectivity index (χ1n) is 10.6. The van der Waals surface area contributed by atoms with E-state index < -0.39 is 23.5 Å². The average Bonchev–Trinajstić information content (AvgIpc) is 2.66. The van der Waals surface area contributed by atoms with Crippen molar-refractivity contribution in [2.75, 3.05) is 26.4 Å². The Hall–Kier alpha value is -1.63. The zero-order valence-corrected chi connectivity index (χ0v) is 18.1. The molecule has 0 radical (unpaired) electrons. The monoisotopic (exact) mass is 402 g/mol. The van der Waals surface area contributed by atoms with E-state index in [1.54, 1.807) is 0 Å². The number of esters is 3. The quantitative estimate of drug-likeness (QED) is 0.207. The molecule has 0 aromatic carbocycles. The van der Waals surface area contributed by atoms with Crippen molar-refractivity contribution in [2.45, 2.75) is 91.1 Å². The van der Waals surface area contributed by atoms with E-state index in [4.69, 9.17) is 18.9 Å². The van der Waals surface area contributed by atoms with Gasteiger partial charge in [-0.2, -0.15) is 0 Å². The van der Waals surface area contributed by atoms with Gasteiger partial charge in [-0.25, -0.2) is 4.79 Å². The van der Waals surface area contributed by atoms with Crippen molar-refractivity contribution >= 4 is 17.9 Å². The molecule has 0 heterocycles. The normalized spacial score (nSPS) is 11.1. The van der Waals surface area contributed by atoms with Gasteiger partial charge in [0, 0.05) is 6.61 Å². The van der Waals surface area contributed by atoms with Crippen LogP contribution in [0.1, 0.15) is 85.5 Å². The highest BCUT2D eigenvalue weighted by atomic mass is 16.6. The average molecular weight is 403 g/mol. The van der Waals surface area contributed by atoms with Crippen molar-refractivity contribution < 1.29 is 33.3 Å². The minimum absolute atomic E-state index is 0.211. The van der Waals surface area contributed by atoms with E-state index >= 15 is 0 Å². The molecule has 0 amide bonds. The zero-order valence-electron chi connectivity index (χ0n) is 18.1. The molecule has 0 bridgehead atoms. The molecular formula is C21H38O7. The third kappa shape index (κ3) is 11.3. The highest BCUT2D eigenvalue weighted by Crippen LogP contribution is 2.26. The number of carbonyl (C=O) groups is 3. The van der Waals surface area contributed by atoms with Gasteiger partial charge in [-0.15, -0.1) is 0 Å². The first kappa shape index (κ1) is 26.4. The third-order valence-electron chi connectivity index (χ3n) is 4.07. The Morgan fingerprint density at radius 1 is 0.607 bits per heavy atom. The summed E-state index contributed by atoms with van der Waals surface area (Å²) >= 11 is 0. The van der Waals surface area contributed by atoms with Crippen molar-refractivity contribution in [3.8, 4) is 0 Å². The summed E-state index contributed by atoms with van der Waals surface area (Å²) in [4.78, 5) is 37.4. The van der Waals surface area contributed by atoms with Crippen molar-refractivity contribution in [3.63, 3.8) is 0 Å². The summed E-state index contributed by atoms with van der Waals surface area (Å²) in [5.74, 6) is -1.88. The highest BCUT2D eigenvalue weighted by Gasteiger charge is 2.46. The van der Waals surface area contributed by atoms with Crippen LogP contribution in [-0.4, -0.2) is 49.9 Å². The summed E-state index contributed by atoms with van der Waals surface area (Å²) in [6.07, 6.45) is 4.66. The lowest BCUT2D eigenvalue weighted by molar-refractivity contribution is -0.186. The van der Waals surface area contributed by atoms with Crippen molar-refractivity contribution in [1.29, 1.82) is 0 Å². The first-order chi connectivity index (χ1) is 13.5. The Morgan fingerprint density at radius 2 is 1.04 bits per heavy atom. The number of hydrogen-bond acceptors (Lipinski definition) is 7. The standard InChI is InChI=1S/C21H38O7/c1-5-9-13-25-18(22)16-21(28-12-8-4,20(24)27-15-11-7-3)17-19(23)26-14-10-6-2/h5-17H2,1-4H3. The van der Waals surface area contributed by atoms with E-state index in [0.29, 0.717) is 12.8 Å². The van der Waals surface area contributed by atoms with Gasteiger partial charge in [-0.1, -0.05) is 47.0 Å². The highest BCUT2D eigenvalue weighted by molar-refractivity contribution is 5.90. The second-order valence-electron chi connectivity index (χ2n) is 6.83. The molecule has 0 aliphatic rings. The third-order valence-corrected chi connectivity index (χ3v) is 4.07. The summed E-state index contributed by atoms with van der Waals surface area (Å²) in [7, 11) is 0. The van der Waals surface area contributed by atoms with Gasteiger partial charge in [-0.05, 0) is 25.7 Å². The van der Waals surface area contributed by atoms with Gasteiger partial charge >= 0.3 is 17.9 Å². The van der Waals surface area contributed by atoms with E-state index in [1.165, 1.54) is 0 Å². The molecule has 0 aliphatic carbocycles. The molecule has 0 rings (SSSR count). The second kappa shape index (κ2) is 16.3. The number of hydrogen-bond donors (Lipinski definition) is 0. The summed E-state index contributed by atoms with van der Waals surface area (Å²) in [6.45, 7) is 8.79. The molecule has 0 aromatic rings. The molecule has 7 nitrogen and oxygen atoms in total. The van der Waals surface area contributed by atoms with Crippen LogP contribution in [-0.2, 0) is 33.3 Å². The van der Waals surface area contributed by atoms with Crippen LogP contribution in [0.3, 0.4) is 0 Å². The molecule has 164 valence electrons. The summed E-state index contributed by atoms with van der Waals surface area (Å²) in [6, 6.07) is 0. The SMILES string of the molecule is CCCCOC(=O)CC(CC(=O)OCCCC)(OCCC)C(=O)OCCCC. The van der Waals surface area contributed by atoms with Gasteiger partial charge < -0.3 is 18.9 Å². The van der Waals surface area contributed by atoms with E-state index in [2.05, 4.69) is 0 Å². The molecule has 0 saturated carbocycles. The van der Waals surface area contributed by atoms with Crippen LogP contribution in [0.15, 0.2) is 0 Å². The predicted molar refractivity (Wildman–Crippen MR) is 106 cm³/mol. The number of rotatable bonds is 17. The molecule has 0 unspecified atom stereocenters. The number of carbonyl (C=O) groups excluding carboxylic acids is 3. The fourth-order valence-corrected chi connectivity index (χ4v) is 2.34. The summed E-state index contributed by atoms with van der Waals surface area (Å²) in [5.41, 5.74) is -1.71. The van der Waals surface area contributed by atoms with E-state index in [-0.39, 0.29) is 39.3 Å². The fraction of sp³-hybridized carbons (Fsp3) is 0.857. The Kier molecular flexibility index (Phi) is 15.4. The zero-order chi connectivity index (χ0) is 21.3. The molecule has 0 saturated heterocycles. The predicted octanol–water partition coefficient (Wildman–Crippen LogP) is 3.96. The Bertz CT molecular complexity index is 424. The minimum Gasteiger partial charge on any atom is -0.466 e. The van der Waals surface area contributed by atoms with Crippen molar-refractivity contribution in [1.82, 2.24) is 0 Å². The summed E-state index contributed by atoms with van der Waals surface area (Å²) < 4.78 is 21.5. The maximum absolute atomic E-state index is 12.8. The van der Waals surface area contributed by atoms with Gasteiger partial charge in [0.05, 0.1) is 32.7 Å². The molecule has 7 heteroatoms. The molecule has 0 fully saturated rings. The van der Waals surface area contributed by atoms with Gasteiger partial charge in [0.2, 0.25) is 0 Å². The Balaban J connectivity index is 5.31. The molecule has 0 atom stereocenters. The van der Waals surface area contributed by atoms with Crippen LogP contribution < -0.4 is 0 Å². The maximum Gasteiger partial charge on any atom is 0.339 e. The Labute approximate surface area is 169 Å². The Morgan fingerprint density at radius 3 is 1.43 bits per heavy atom. The molecular weight excluding hydrogens is 364 g/mol. The van der Waals surface area contributed by atoms with Crippen LogP contribution in [0.4, 0.5) is 0 Å². The minimum atomic E-state index is -1.71. The van der Waals surface area contributed by atoms with Crippen molar-refractivity contribution in [2.24, 2.45) is 0 Å². The lowest BCUT2D eigenvalue weighted by Crippen LogP contribution is -2.47. The van der Waals surface area contributed by atoms with Crippen LogP contribution >= 0.6 is 0 Å². The molecule has 0 N–H and O–H groups in total. The maximum atomic E-state index is 12.8.